The Morgan fingerprint density at radius 3 is 2.67 bits per heavy atom. The number of nitrogens with zero attached hydrogens (tertiary/aromatic N) is 2. The molecule has 5 nitrogen and oxygen atoms in total. The topological polar surface area (TPSA) is 70.1 Å². The molecule has 0 bridgehead atoms. The number of aromatic nitrogens is 2. The molecule has 6 heteroatoms. The average Bonchev–Trinajstić information content (AvgIpc) is 3.13. The van der Waals surface area contributed by atoms with Crippen molar-refractivity contribution < 1.29 is 4.79 Å². The van der Waals surface area contributed by atoms with Crippen molar-refractivity contribution in [2.75, 3.05) is 0 Å². The Balaban J connectivity index is 1.64. The standard InChI is InChI=1S/C21H21ClN4O/c1-14(2)11-15-7-9-16(10-8-15)19-12-20(25-24-19)21(27)26-23-13-17-5-3-4-6-18(17)22/h3-10,12-14H,11H2,1-2H3,(H,24,25)(H,26,27)/b23-13+. The van der Waals surface area contributed by atoms with Crippen LogP contribution in [-0.4, -0.2) is 22.3 Å². The fourth-order valence-electron chi connectivity index (χ4n) is 2.67. The third kappa shape index (κ3) is 5.05. The summed E-state index contributed by atoms with van der Waals surface area (Å²) in [6, 6.07) is 17.2. The summed E-state index contributed by atoms with van der Waals surface area (Å²) >= 11 is 6.05. The molecule has 0 saturated carbocycles. The third-order valence-corrected chi connectivity index (χ3v) is 4.34. The van der Waals surface area contributed by atoms with E-state index in [0.717, 1.165) is 17.5 Å². The van der Waals surface area contributed by atoms with Gasteiger partial charge in [0.05, 0.1) is 11.9 Å². The second-order valence-electron chi connectivity index (χ2n) is 6.68. The van der Waals surface area contributed by atoms with Crippen LogP contribution >= 0.6 is 11.6 Å². The molecule has 0 unspecified atom stereocenters. The van der Waals surface area contributed by atoms with E-state index in [-0.39, 0.29) is 5.91 Å². The van der Waals surface area contributed by atoms with Crippen molar-refractivity contribution in [3.8, 4) is 11.3 Å². The van der Waals surface area contributed by atoms with Crippen molar-refractivity contribution in [1.82, 2.24) is 15.6 Å². The number of carbonyl (C=O) groups is 1. The normalized spacial score (nSPS) is 11.3. The molecule has 27 heavy (non-hydrogen) atoms. The molecule has 138 valence electrons. The molecule has 0 aliphatic carbocycles. The molecule has 2 aromatic carbocycles. The lowest BCUT2D eigenvalue weighted by molar-refractivity contribution is 0.0950. The summed E-state index contributed by atoms with van der Waals surface area (Å²) < 4.78 is 0. The van der Waals surface area contributed by atoms with Crippen molar-refractivity contribution in [2.24, 2.45) is 11.0 Å². The molecule has 1 aromatic heterocycles. The van der Waals surface area contributed by atoms with Gasteiger partial charge in [-0.15, -0.1) is 0 Å². The lowest BCUT2D eigenvalue weighted by Crippen LogP contribution is -2.18. The van der Waals surface area contributed by atoms with Gasteiger partial charge in [0.25, 0.3) is 5.91 Å². The minimum absolute atomic E-state index is 0.340. The summed E-state index contributed by atoms with van der Waals surface area (Å²) in [6.07, 6.45) is 2.54. The summed E-state index contributed by atoms with van der Waals surface area (Å²) in [4.78, 5) is 12.2. The van der Waals surface area contributed by atoms with E-state index in [9.17, 15) is 4.79 Å². The maximum atomic E-state index is 12.2. The fourth-order valence-corrected chi connectivity index (χ4v) is 2.85. The van der Waals surface area contributed by atoms with Crippen LogP contribution in [0.3, 0.4) is 0 Å². The van der Waals surface area contributed by atoms with Gasteiger partial charge in [-0.25, -0.2) is 5.43 Å². The molecule has 0 aliphatic heterocycles. The van der Waals surface area contributed by atoms with Crippen LogP contribution in [0.1, 0.15) is 35.5 Å². The van der Waals surface area contributed by atoms with Gasteiger partial charge in [0, 0.05) is 16.1 Å². The van der Waals surface area contributed by atoms with E-state index in [1.165, 1.54) is 11.8 Å². The van der Waals surface area contributed by atoms with Crippen LogP contribution in [0.15, 0.2) is 59.7 Å². The van der Waals surface area contributed by atoms with Gasteiger partial charge in [-0.2, -0.15) is 10.2 Å². The first-order chi connectivity index (χ1) is 13.0. The second-order valence-corrected chi connectivity index (χ2v) is 7.09. The van der Waals surface area contributed by atoms with Crippen LogP contribution in [0.4, 0.5) is 0 Å². The van der Waals surface area contributed by atoms with Crippen molar-refractivity contribution in [2.45, 2.75) is 20.3 Å². The van der Waals surface area contributed by atoms with E-state index in [1.807, 2.05) is 30.3 Å². The monoisotopic (exact) mass is 380 g/mol. The molecule has 0 atom stereocenters. The molecule has 3 rings (SSSR count). The van der Waals surface area contributed by atoms with Gasteiger partial charge in [-0.1, -0.05) is 67.9 Å². The number of H-pyrrole nitrogens is 1. The number of aromatic amines is 1. The Kier molecular flexibility index (Phi) is 6.04. The number of amides is 1. The van der Waals surface area contributed by atoms with Gasteiger partial charge in [0.1, 0.15) is 5.69 Å². The highest BCUT2D eigenvalue weighted by molar-refractivity contribution is 6.33. The van der Waals surface area contributed by atoms with Crippen molar-refractivity contribution in [3.63, 3.8) is 0 Å². The molecular weight excluding hydrogens is 360 g/mol. The summed E-state index contributed by atoms with van der Waals surface area (Å²) in [5, 5.41) is 11.5. The number of halogens is 1. The first-order valence-electron chi connectivity index (χ1n) is 8.75. The van der Waals surface area contributed by atoms with Gasteiger partial charge in [0.15, 0.2) is 0 Å². The SMILES string of the molecule is CC(C)Cc1ccc(-c2cc(C(=O)N/N=C/c3ccccc3Cl)[nH]n2)cc1. The predicted molar refractivity (Wildman–Crippen MR) is 109 cm³/mol. The van der Waals surface area contributed by atoms with Crippen LogP contribution < -0.4 is 5.43 Å². The van der Waals surface area contributed by atoms with Gasteiger partial charge in [-0.05, 0) is 30.0 Å². The van der Waals surface area contributed by atoms with Gasteiger partial charge in [-0.3, -0.25) is 9.89 Å². The van der Waals surface area contributed by atoms with Crippen molar-refractivity contribution in [1.29, 1.82) is 0 Å². The molecule has 0 aliphatic rings. The first-order valence-corrected chi connectivity index (χ1v) is 9.13. The van der Waals surface area contributed by atoms with Crippen LogP contribution in [0, 0.1) is 5.92 Å². The second kappa shape index (κ2) is 8.64. The van der Waals surface area contributed by atoms with Crippen LogP contribution in [0.2, 0.25) is 5.02 Å². The first kappa shape index (κ1) is 18.9. The zero-order chi connectivity index (χ0) is 19.2. The number of benzene rings is 2. The maximum absolute atomic E-state index is 12.2. The number of nitrogens with one attached hydrogen (secondary N) is 2. The smallest absolute Gasteiger partial charge is 0.272 e. The zero-order valence-corrected chi connectivity index (χ0v) is 16.0. The van der Waals surface area contributed by atoms with E-state index in [1.54, 1.807) is 12.1 Å². The molecule has 0 spiro atoms. The van der Waals surface area contributed by atoms with E-state index < -0.39 is 0 Å². The molecule has 1 heterocycles. The number of rotatable bonds is 6. The Hall–Kier alpha value is -2.92. The molecule has 0 fully saturated rings. The van der Waals surface area contributed by atoms with Crippen LogP contribution in [0.25, 0.3) is 11.3 Å². The maximum Gasteiger partial charge on any atom is 0.289 e. The number of carbonyl (C=O) groups excluding carboxylic acids is 1. The average molecular weight is 381 g/mol. The zero-order valence-electron chi connectivity index (χ0n) is 15.2. The molecule has 1 amide bonds. The molecule has 3 aromatic rings. The Labute approximate surface area is 163 Å². The lowest BCUT2D eigenvalue weighted by Gasteiger charge is -2.05. The Bertz CT molecular complexity index is 945. The van der Waals surface area contributed by atoms with E-state index in [4.69, 9.17) is 11.6 Å². The van der Waals surface area contributed by atoms with E-state index >= 15 is 0 Å². The minimum atomic E-state index is -0.367. The highest BCUT2D eigenvalue weighted by atomic mass is 35.5. The lowest BCUT2D eigenvalue weighted by atomic mass is 10.0. The predicted octanol–water partition coefficient (Wildman–Crippen LogP) is 4.69. The number of hydrazone groups is 1. The molecule has 0 radical (unpaired) electrons. The number of hydrogen-bond donors (Lipinski definition) is 2. The van der Waals surface area contributed by atoms with Gasteiger partial charge >= 0.3 is 0 Å². The Morgan fingerprint density at radius 1 is 1.22 bits per heavy atom. The van der Waals surface area contributed by atoms with Gasteiger partial charge in [0.2, 0.25) is 0 Å². The quantitative estimate of drug-likeness (QED) is 0.481. The summed E-state index contributed by atoms with van der Waals surface area (Å²) in [6.45, 7) is 4.39. The highest BCUT2D eigenvalue weighted by Crippen LogP contribution is 2.19. The Morgan fingerprint density at radius 2 is 1.96 bits per heavy atom. The minimum Gasteiger partial charge on any atom is -0.272 e. The van der Waals surface area contributed by atoms with Crippen LogP contribution in [-0.2, 0) is 6.42 Å². The molecular formula is C21H21ClN4O. The highest BCUT2D eigenvalue weighted by Gasteiger charge is 2.10. The summed E-state index contributed by atoms with van der Waals surface area (Å²) in [7, 11) is 0. The van der Waals surface area contributed by atoms with E-state index in [2.05, 4.69) is 46.7 Å². The molecule has 0 saturated heterocycles. The van der Waals surface area contributed by atoms with Crippen LogP contribution in [0.5, 0.6) is 0 Å². The van der Waals surface area contributed by atoms with E-state index in [0.29, 0.717) is 22.3 Å². The molecule has 2 N–H and O–H groups in total. The fraction of sp³-hybridized carbons (Fsp3) is 0.190. The summed E-state index contributed by atoms with van der Waals surface area (Å²) in [5.41, 5.74) is 6.50. The number of hydrogen-bond acceptors (Lipinski definition) is 3. The van der Waals surface area contributed by atoms with Crippen molar-refractivity contribution >= 4 is 23.7 Å². The largest absolute Gasteiger partial charge is 0.289 e. The van der Waals surface area contributed by atoms with Gasteiger partial charge < -0.3 is 0 Å². The van der Waals surface area contributed by atoms with Crippen molar-refractivity contribution in [3.05, 3.63) is 76.4 Å². The summed E-state index contributed by atoms with van der Waals surface area (Å²) in [5.74, 6) is 0.247. The third-order valence-electron chi connectivity index (χ3n) is 3.99.